The number of hydrogen-bond donors (Lipinski definition) is 2. The topological polar surface area (TPSA) is 76.3 Å². The van der Waals surface area contributed by atoms with Crippen LogP contribution in [0.1, 0.15) is 18.5 Å². The molecule has 0 radical (unpaired) electrons. The molecule has 0 spiro atoms. The number of aliphatic hydroxyl groups excluding tert-OH is 1. The molecule has 0 saturated heterocycles. The Kier molecular flexibility index (Phi) is 5.11. The highest BCUT2D eigenvalue weighted by molar-refractivity contribution is 5.01. The van der Waals surface area contributed by atoms with E-state index in [0.717, 1.165) is 24.0 Å². The summed E-state index contributed by atoms with van der Waals surface area (Å²) in [6.45, 7) is 1.42. The molecule has 0 bridgehead atoms. The lowest BCUT2D eigenvalue weighted by atomic mass is 10.3. The van der Waals surface area contributed by atoms with E-state index in [1.165, 1.54) is 17.7 Å². The third-order valence-corrected chi connectivity index (χ3v) is 2.69. The smallest absolute Gasteiger partial charge is 0.330 e. The van der Waals surface area contributed by atoms with Gasteiger partial charge in [-0.05, 0) is 19.4 Å². The Morgan fingerprint density at radius 1 is 1.24 bits per heavy atom. The molecule has 0 amide bonds. The summed E-state index contributed by atoms with van der Waals surface area (Å²) in [5, 5.41) is 11.7. The van der Waals surface area contributed by atoms with E-state index in [4.69, 9.17) is 5.11 Å². The van der Waals surface area contributed by atoms with Gasteiger partial charge in [0.2, 0.25) is 0 Å². The van der Waals surface area contributed by atoms with Gasteiger partial charge in [-0.25, -0.2) is 4.79 Å². The molecule has 1 aromatic rings. The van der Waals surface area contributed by atoms with E-state index in [-0.39, 0.29) is 17.9 Å². The van der Waals surface area contributed by atoms with Gasteiger partial charge in [0, 0.05) is 39.0 Å². The molecule has 1 aromatic heterocycles. The SMILES string of the molecule is Cn1c(CNCCCCO)cc(=O)n(C)c1=O. The van der Waals surface area contributed by atoms with Crippen molar-refractivity contribution in [3.05, 3.63) is 32.6 Å². The van der Waals surface area contributed by atoms with Crippen molar-refractivity contribution in [1.29, 1.82) is 0 Å². The second kappa shape index (κ2) is 6.36. The fraction of sp³-hybridized carbons (Fsp3) is 0.636. The number of nitrogens with zero attached hydrogens (tertiary/aromatic N) is 2. The number of hydrogen-bond acceptors (Lipinski definition) is 4. The Morgan fingerprint density at radius 3 is 2.59 bits per heavy atom. The van der Waals surface area contributed by atoms with Crippen molar-refractivity contribution in [2.24, 2.45) is 14.1 Å². The van der Waals surface area contributed by atoms with Crippen LogP contribution in [0.3, 0.4) is 0 Å². The fourth-order valence-corrected chi connectivity index (χ4v) is 1.53. The Morgan fingerprint density at radius 2 is 1.94 bits per heavy atom. The molecule has 17 heavy (non-hydrogen) atoms. The zero-order valence-corrected chi connectivity index (χ0v) is 10.3. The second-order valence-electron chi connectivity index (χ2n) is 3.98. The molecule has 1 heterocycles. The Labute approximate surface area is 99.5 Å². The Balaban J connectivity index is 2.66. The maximum atomic E-state index is 11.6. The summed E-state index contributed by atoms with van der Waals surface area (Å²) in [6.07, 6.45) is 1.62. The van der Waals surface area contributed by atoms with E-state index in [1.54, 1.807) is 7.05 Å². The van der Waals surface area contributed by atoms with Crippen LogP contribution in [0.2, 0.25) is 0 Å². The summed E-state index contributed by atoms with van der Waals surface area (Å²) in [7, 11) is 3.11. The van der Waals surface area contributed by atoms with E-state index >= 15 is 0 Å². The van der Waals surface area contributed by atoms with Crippen molar-refractivity contribution >= 4 is 0 Å². The first-order chi connectivity index (χ1) is 8.07. The first-order valence-electron chi connectivity index (χ1n) is 5.65. The minimum absolute atomic E-state index is 0.187. The summed E-state index contributed by atoms with van der Waals surface area (Å²) in [5.74, 6) is 0. The van der Waals surface area contributed by atoms with Crippen molar-refractivity contribution in [1.82, 2.24) is 14.5 Å². The fourth-order valence-electron chi connectivity index (χ4n) is 1.53. The molecule has 0 fully saturated rings. The molecule has 0 aromatic carbocycles. The number of unbranched alkanes of at least 4 members (excludes halogenated alkanes) is 1. The van der Waals surface area contributed by atoms with Crippen LogP contribution < -0.4 is 16.6 Å². The number of aliphatic hydroxyl groups is 1. The maximum absolute atomic E-state index is 11.6. The van der Waals surface area contributed by atoms with Gasteiger partial charge in [0.05, 0.1) is 0 Å². The average molecular weight is 241 g/mol. The summed E-state index contributed by atoms with van der Waals surface area (Å²) >= 11 is 0. The monoisotopic (exact) mass is 241 g/mol. The third kappa shape index (κ3) is 3.54. The highest BCUT2D eigenvalue weighted by Crippen LogP contribution is 1.91. The van der Waals surface area contributed by atoms with Crippen molar-refractivity contribution in [2.45, 2.75) is 19.4 Å². The number of nitrogens with one attached hydrogen (secondary N) is 1. The van der Waals surface area contributed by atoms with Crippen molar-refractivity contribution in [3.8, 4) is 0 Å². The van der Waals surface area contributed by atoms with Gasteiger partial charge in [0.25, 0.3) is 5.56 Å². The van der Waals surface area contributed by atoms with Crippen molar-refractivity contribution in [3.63, 3.8) is 0 Å². The average Bonchev–Trinajstić information content (AvgIpc) is 2.32. The molecule has 0 aliphatic rings. The van der Waals surface area contributed by atoms with Gasteiger partial charge < -0.3 is 10.4 Å². The number of aromatic nitrogens is 2. The molecule has 0 aliphatic carbocycles. The van der Waals surface area contributed by atoms with Gasteiger partial charge in [-0.15, -0.1) is 0 Å². The largest absolute Gasteiger partial charge is 0.396 e. The zero-order valence-electron chi connectivity index (χ0n) is 10.3. The summed E-state index contributed by atoms with van der Waals surface area (Å²) in [4.78, 5) is 23.0. The second-order valence-corrected chi connectivity index (χ2v) is 3.98. The standard InChI is InChI=1S/C11H19N3O3/c1-13-9(8-12-5-3-4-6-15)7-10(16)14(2)11(13)17/h7,12,15H,3-6,8H2,1-2H3. The predicted molar refractivity (Wildman–Crippen MR) is 65.0 cm³/mol. The van der Waals surface area contributed by atoms with Gasteiger partial charge in [-0.1, -0.05) is 0 Å². The lowest BCUT2D eigenvalue weighted by molar-refractivity contribution is 0.283. The van der Waals surface area contributed by atoms with Crippen LogP contribution in [0.5, 0.6) is 0 Å². The molecule has 0 atom stereocenters. The van der Waals surface area contributed by atoms with Crippen LogP contribution in [-0.4, -0.2) is 27.4 Å². The Bertz CT molecular complexity index is 476. The quantitative estimate of drug-likeness (QED) is 0.623. The highest BCUT2D eigenvalue weighted by atomic mass is 16.3. The molecule has 6 nitrogen and oxygen atoms in total. The van der Waals surface area contributed by atoms with Crippen molar-refractivity contribution in [2.75, 3.05) is 13.2 Å². The minimum atomic E-state index is -0.315. The van der Waals surface area contributed by atoms with Crippen LogP contribution in [-0.2, 0) is 20.6 Å². The lowest BCUT2D eigenvalue weighted by Gasteiger charge is -2.10. The molecule has 0 unspecified atom stereocenters. The number of rotatable bonds is 6. The first kappa shape index (κ1) is 13.7. The molecular formula is C11H19N3O3. The summed E-state index contributed by atoms with van der Waals surface area (Å²) in [5.41, 5.74) is 0.0621. The molecule has 2 N–H and O–H groups in total. The van der Waals surface area contributed by atoms with E-state index in [9.17, 15) is 9.59 Å². The van der Waals surface area contributed by atoms with Crippen molar-refractivity contribution < 1.29 is 5.11 Å². The van der Waals surface area contributed by atoms with Crippen LogP contribution in [0.4, 0.5) is 0 Å². The maximum Gasteiger partial charge on any atom is 0.330 e. The van der Waals surface area contributed by atoms with Crippen LogP contribution in [0.15, 0.2) is 15.7 Å². The van der Waals surface area contributed by atoms with Gasteiger partial charge >= 0.3 is 5.69 Å². The van der Waals surface area contributed by atoms with Gasteiger partial charge in [-0.3, -0.25) is 13.9 Å². The summed E-state index contributed by atoms with van der Waals surface area (Å²) < 4.78 is 2.54. The summed E-state index contributed by atoms with van der Waals surface area (Å²) in [6, 6.07) is 1.46. The van der Waals surface area contributed by atoms with Gasteiger partial charge in [-0.2, -0.15) is 0 Å². The van der Waals surface area contributed by atoms with Crippen LogP contribution in [0.25, 0.3) is 0 Å². The van der Waals surface area contributed by atoms with E-state index in [0.29, 0.717) is 12.2 Å². The third-order valence-electron chi connectivity index (χ3n) is 2.69. The normalized spacial score (nSPS) is 10.8. The zero-order chi connectivity index (χ0) is 12.8. The molecular weight excluding hydrogens is 222 g/mol. The first-order valence-corrected chi connectivity index (χ1v) is 5.65. The van der Waals surface area contributed by atoms with Gasteiger partial charge in [0.15, 0.2) is 0 Å². The van der Waals surface area contributed by atoms with Crippen LogP contribution >= 0.6 is 0 Å². The van der Waals surface area contributed by atoms with Gasteiger partial charge in [0.1, 0.15) is 0 Å². The highest BCUT2D eigenvalue weighted by Gasteiger charge is 2.04. The van der Waals surface area contributed by atoms with E-state index < -0.39 is 0 Å². The lowest BCUT2D eigenvalue weighted by Crippen LogP contribution is -2.39. The van der Waals surface area contributed by atoms with E-state index in [2.05, 4.69) is 5.32 Å². The molecule has 0 aliphatic heterocycles. The van der Waals surface area contributed by atoms with E-state index in [1.807, 2.05) is 0 Å². The molecule has 0 saturated carbocycles. The minimum Gasteiger partial charge on any atom is -0.396 e. The molecule has 6 heteroatoms. The van der Waals surface area contributed by atoms with Crippen LogP contribution in [0, 0.1) is 0 Å². The molecule has 1 rings (SSSR count). The predicted octanol–water partition coefficient (Wildman–Crippen LogP) is -1.05. The molecule has 96 valence electrons. The Hall–Kier alpha value is -1.40.